The number of carbonyl (C=O) groups excluding carboxylic acids is 1. The van der Waals surface area contributed by atoms with Gasteiger partial charge in [-0.2, -0.15) is 13.9 Å². The fourth-order valence-electron chi connectivity index (χ4n) is 2.84. The minimum atomic E-state index is -2.43. The molecule has 1 aromatic carbocycles. The van der Waals surface area contributed by atoms with E-state index in [0.717, 1.165) is 25.1 Å². The Morgan fingerprint density at radius 1 is 1.35 bits per heavy atom. The molecule has 2 heterocycles. The van der Waals surface area contributed by atoms with Crippen LogP contribution in [0.25, 0.3) is 0 Å². The molecule has 3 rings (SSSR count). The molecule has 0 saturated heterocycles. The Hall–Kier alpha value is -2.35. The van der Waals surface area contributed by atoms with E-state index in [1.165, 1.54) is 11.8 Å². The van der Waals surface area contributed by atoms with Crippen molar-refractivity contribution in [3.8, 4) is 0 Å². The second kappa shape index (κ2) is 8.84. The van der Waals surface area contributed by atoms with Crippen molar-refractivity contribution in [2.75, 3.05) is 18.0 Å². The molecule has 0 bridgehead atoms. The summed E-state index contributed by atoms with van der Waals surface area (Å²) in [5, 5.41) is 3.87. The summed E-state index contributed by atoms with van der Waals surface area (Å²) in [6, 6.07) is 11.3. The number of para-hydroxylation sites is 1. The van der Waals surface area contributed by atoms with Crippen LogP contribution in [0.4, 0.5) is 14.5 Å². The Morgan fingerprint density at radius 2 is 2.19 bits per heavy atom. The molecule has 26 heavy (non-hydrogen) atoms. The van der Waals surface area contributed by atoms with Crippen LogP contribution < -0.4 is 10.3 Å². The van der Waals surface area contributed by atoms with Crippen molar-refractivity contribution in [3.05, 3.63) is 53.5 Å². The van der Waals surface area contributed by atoms with Crippen LogP contribution in [0.5, 0.6) is 0 Å². The quantitative estimate of drug-likeness (QED) is 0.589. The van der Waals surface area contributed by atoms with E-state index in [4.69, 9.17) is 4.42 Å². The third-order valence-corrected chi connectivity index (χ3v) is 4.66. The van der Waals surface area contributed by atoms with Crippen molar-refractivity contribution in [1.82, 2.24) is 5.43 Å². The number of thioether (sulfide) groups is 1. The number of fused-ring (bicyclic) bond motifs is 1. The molecule has 1 amide bonds. The lowest BCUT2D eigenvalue weighted by Crippen LogP contribution is -2.38. The number of halogens is 2. The van der Waals surface area contributed by atoms with Gasteiger partial charge >= 0.3 is 0 Å². The van der Waals surface area contributed by atoms with Crippen molar-refractivity contribution >= 4 is 29.6 Å². The highest BCUT2D eigenvalue weighted by molar-refractivity contribution is 7.98. The van der Waals surface area contributed by atoms with Crippen molar-refractivity contribution in [2.45, 2.75) is 24.4 Å². The van der Waals surface area contributed by atoms with Gasteiger partial charge in [0.2, 0.25) is 0 Å². The number of carbonyl (C=O) groups is 1. The number of anilines is 1. The van der Waals surface area contributed by atoms with Crippen molar-refractivity contribution in [2.24, 2.45) is 5.10 Å². The van der Waals surface area contributed by atoms with Crippen LogP contribution in [0.3, 0.4) is 0 Å². The van der Waals surface area contributed by atoms with Gasteiger partial charge in [-0.25, -0.2) is 5.43 Å². The number of nitrogens with zero attached hydrogens (tertiary/aromatic N) is 2. The lowest BCUT2D eigenvalue weighted by Gasteiger charge is -2.30. The van der Waals surface area contributed by atoms with Crippen LogP contribution in [0.15, 0.2) is 45.9 Å². The molecule has 1 aliphatic heterocycles. The number of furan rings is 1. The Labute approximate surface area is 154 Å². The summed E-state index contributed by atoms with van der Waals surface area (Å²) in [5.41, 5.74) is 4.81. The van der Waals surface area contributed by atoms with Crippen LogP contribution in [-0.4, -0.2) is 31.0 Å². The first-order valence-electron chi connectivity index (χ1n) is 8.25. The number of rotatable bonds is 7. The first-order chi connectivity index (χ1) is 12.6. The molecule has 1 N–H and O–H groups in total. The number of alkyl halides is 2. The monoisotopic (exact) mass is 379 g/mol. The number of amides is 1. The van der Waals surface area contributed by atoms with Gasteiger partial charge in [-0.15, -0.1) is 0 Å². The number of hydrogen-bond donors (Lipinski definition) is 1. The Kier molecular flexibility index (Phi) is 6.27. The van der Waals surface area contributed by atoms with E-state index >= 15 is 0 Å². The molecule has 5 nitrogen and oxygen atoms in total. The predicted molar refractivity (Wildman–Crippen MR) is 98.7 cm³/mol. The SMILES string of the molecule is O=C(CN1CCCc2ccccc21)N/N=C\c1ccc(CSC(F)F)o1. The normalized spacial score (nSPS) is 14.0. The molecular formula is C18H19F2N3O2S. The fraction of sp³-hybridized carbons (Fsp3) is 0.333. The zero-order valence-corrected chi connectivity index (χ0v) is 14.8. The largest absolute Gasteiger partial charge is 0.459 e. The summed E-state index contributed by atoms with van der Waals surface area (Å²) >= 11 is 0.493. The smallest absolute Gasteiger partial charge is 0.284 e. The summed E-state index contributed by atoms with van der Waals surface area (Å²) < 4.78 is 29.6. The molecule has 0 fully saturated rings. The van der Waals surface area contributed by atoms with Crippen molar-refractivity contribution in [3.63, 3.8) is 0 Å². The van der Waals surface area contributed by atoms with Gasteiger partial charge in [-0.3, -0.25) is 4.79 Å². The summed E-state index contributed by atoms with van der Waals surface area (Å²) in [6.45, 7) is 1.06. The maximum Gasteiger partial charge on any atom is 0.284 e. The molecule has 0 radical (unpaired) electrons. The zero-order chi connectivity index (χ0) is 18.4. The Balaban J connectivity index is 1.49. The van der Waals surface area contributed by atoms with Crippen LogP contribution >= 0.6 is 11.8 Å². The van der Waals surface area contributed by atoms with Crippen LogP contribution in [0.1, 0.15) is 23.5 Å². The summed E-state index contributed by atoms with van der Waals surface area (Å²) in [6.07, 6.45) is 3.40. The number of hydrogen-bond acceptors (Lipinski definition) is 5. The average Bonchev–Trinajstić information content (AvgIpc) is 3.08. The zero-order valence-electron chi connectivity index (χ0n) is 14.0. The summed E-state index contributed by atoms with van der Waals surface area (Å²) in [7, 11) is 0. The average molecular weight is 379 g/mol. The maximum atomic E-state index is 12.1. The molecule has 2 aromatic rings. The van der Waals surface area contributed by atoms with E-state index in [2.05, 4.69) is 16.6 Å². The number of aryl methyl sites for hydroxylation is 1. The van der Waals surface area contributed by atoms with Gasteiger partial charge in [0.05, 0.1) is 18.5 Å². The van der Waals surface area contributed by atoms with Gasteiger partial charge in [0.25, 0.3) is 11.7 Å². The molecule has 138 valence electrons. The highest BCUT2D eigenvalue weighted by atomic mass is 32.2. The van der Waals surface area contributed by atoms with Crippen LogP contribution in [0.2, 0.25) is 0 Å². The molecule has 0 aliphatic carbocycles. The van der Waals surface area contributed by atoms with Crippen LogP contribution in [0, 0.1) is 0 Å². The second-order valence-corrected chi connectivity index (χ2v) is 6.80. The molecule has 1 aliphatic rings. The number of hydrazone groups is 1. The highest BCUT2D eigenvalue weighted by Crippen LogP contribution is 2.26. The van der Waals surface area contributed by atoms with Gasteiger partial charge in [0, 0.05) is 12.2 Å². The minimum absolute atomic E-state index is 0.0895. The third kappa shape index (κ3) is 5.08. The predicted octanol–water partition coefficient (Wildman–Crippen LogP) is 3.64. The van der Waals surface area contributed by atoms with E-state index in [1.807, 2.05) is 23.1 Å². The lowest BCUT2D eigenvalue weighted by molar-refractivity contribution is -0.119. The van der Waals surface area contributed by atoms with Gasteiger partial charge in [0.15, 0.2) is 0 Å². The second-order valence-electron chi connectivity index (χ2n) is 5.82. The first-order valence-corrected chi connectivity index (χ1v) is 9.30. The molecule has 0 spiro atoms. The van der Waals surface area contributed by atoms with Crippen molar-refractivity contribution < 1.29 is 18.0 Å². The molecule has 0 saturated carbocycles. The van der Waals surface area contributed by atoms with Gasteiger partial charge in [-0.05, 0) is 36.6 Å². The molecule has 1 aromatic heterocycles. The lowest BCUT2D eigenvalue weighted by atomic mass is 10.0. The van der Waals surface area contributed by atoms with Crippen LogP contribution in [-0.2, 0) is 17.0 Å². The topological polar surface area (TPSA) is 57.8 Å². The summed E-state index contributed by atoms with van der Waals surface area (Å²) in [5.74, 6) is -1.73. The molecule has 8 heteroatoms. The fourth-order valence-corrected chi connectivity index (χ4v) is 3.28. The van der Waals surface area contributed by atoms with E-state index in [9.17, 15) is 13.6 Å². The van der Waals surface area contributed by atoms with E-state index in [0.29, 0.717) is 23.3 Å². The standard InChI is InChI=1S/C18H19F2N3O2S/c19-18(20)26-12-15-8-7-14(25-15)10-21-22-17(24)11-23-9-3-5-13-4-1-2-6-16(13)23/h1-2,4,6-8,10,18H,3,5,9,11-12H2,(H,22,24)/b21-10-. The molecule has 0 atom stereocenters. The third-order valence-electron chi connectivity index (χ3n) is 3.96. The molecule has 0 unspecified atom stereocenters. The Morgan fingerprint density at radius 3 is 3.04 bits per heavy atom. The van der Waals surface area contributed by atoms with Crippen molar-refractivity contribution in [1.29, 1.82) is 0 Å². The number of nitrogens with one attached hydrogen (secondary N) is 1. The van der Waals surface area contributed by atoms with E-state index < -0.39 is 5.76 Å². The minimum Gasteiger partial charge on any atom is -0.459 e. The first kappa shape index (κ1) is 18.4. The highest BCUT2D eigenvalue weighted by Gasteiger charge is 2.18. The van der Waals surface area contributed by atoms with Gasteiger partial charge < -0.3 is 9.32 Å². The maximum absolute atomic E-state index is 12.1. The molecular weight excluding hydrogens is 360 g/mol. The van der Waals surface area contributed by atoms with E-state index in [-0.39, 0.29) is 18.2 Å². The number of benzene rings is 1. The summed E-state index contributed by atoms with van der Waals surface area (Å²) in [4.78, 5) is 14.1. The Bertz CT molecular complexity index is 779. The van der Waals surface area contributed by atoms with Gasteiger partial charge in [-0.1, -0.05) is 30.0 Å². The van der Waals surface area contributed by atoms with E-state index in [1.54, 1.807) is 12.1 Å². The van der Waals surface area contributed by atoms with Gasteiger partial charge in [0.1, 0.15) is 11.5 Å².